The Balaban J connectivity index is 0.995. The van der Waals surface area contributed by atoms with E-state index in [-0.39, 0.29) is 28.7 Å². The molecular weight excluding hydrogens is 905 g/mol. The summed E-state index contributed by atoms with van der Waals surface area (Å²) in [6.07, 6.45) is 18.4. The number of benzene rings is 8. The van der Waals surface area contributed by atoms with Crippen LogP contribution in [0.15, 0.2) is 223 Å². The van der Waals surface area contributed by atoms with Crippen LogP contribution >= 0.6 is 0 Å². The molecule has 1 spiro atoms. The van der Waals surface area contributed by atoms with E-state index < -0.39 is 5.41 Å². The summed E-state index contributed by atoms with van der Waals surface area (Å²) in [7, 11) is 0. The van der Waals surface area contributed by atoms with Gasteiger partial charge in [0.25, 0.3) is 0 Å². The van der Waals surface area contributed by atoms with Crippen molar-refractivity contribution in [1.29, 1.82) is 0 Å². The molecule has 0 N–H and O–H groups in total. The summed E-state index contributed by atoms with van der Waals surface area (Å²) < 4.78 is 0. The van der Waals surface area contributed by atoms with Gasteiger partial charge in [-0.15, -0.1) is 0 Å². The summed E-state index contributed by atoms with van der Waals surface area (Å²) >= 11 is 0. The maximum absolute atomic E-state index is 2.67. The zero-order valence-electron chi connectivity index (χ0n) is 44.5. The molecule has 8 aromatic carbocycles. The van der Waals surface area contributed by atoms with E-state index in [0.29, 0.717) is 0 Å². The van der Waals surface area contributed by atoms with Gasteiger partial charge in [0.05, 0.1) is 11.5 Å². The molecule has 0 fully saturated rings. The van der Waals surface area contributed by atoms with Gasteiger partial charge in [0.1, 0.15) is 0 Å². The van der Waals surface area contributed by atoms with Crippen LogP contribution in [-0.2, 0) is 16.2 Å². The van der Waals surface area contributed by atoms with Crippen molar-refractivity contribution < 1.29 is 0 Å². The third-order valence-electron chi connectivity index (χ3n) is 18.2. The van der Waals surface area contributed by atoms with Crippen molar-refractivity contribution >= 4 is 28.8 Å². The largest absolute Gasteiger partial charge is 0.334 e. The van der Waals surface area contributed by atoms with Gasteiger partial charge in [-0.05, 0) is 178 Å². The summed E-state index contributed by atoms with van der Waals surface area (Å²) in [5.41, 5.74) is 29.4. The lowest BCUT2D eigenvalue weighted by Crippen LogP contribution is -2.40. The standard InChI is InChI=1S/C73H64N2/c1-45-35-46(2)38-55(37-45)74(53-31-33-61-57-17-9-13-21-63(57)71(5,6)69(61)43-53)51-29-27-49-25-26-50-28-30-52(42-68(50)73(67(49)41-51)65-23-15-11-19-59(65)60-20-12-16-24-66(60)73)75(56-39-47(3)36-48(4)40-56)54-32-34-62-58-18-10-14-22-64(58)72(7,8)70(62)44-54/h9-39,41-44,49,56,67H,40H2,1-8H3. The molecular formula is C73H64N2. The Labute approximate surface area is 444 Å². The Bertz CT molecular complexity index is 3830. The number of aryl methyl sites for hydroxylation is 2. The predicted octanol–water partition coefficient (Wildman–Crippen LogP) is 18.6. The third-order valence-corrected chi connectivity index (χ3v) is 18.2. The van der Waals surface area contributed by atoms with E-state index in [2.05, 4.69) is 278 Å². The number of rotatable bonds is 6. The fourth-order valence-electron chi connectivity index (χ4n) is 15.0. The van der Waals surface area contributed by atoms with Crippen LogP contribution in [-0.4, -0.2) is 6.04 Å². The number of hydrogen-bond donors (Lipinski definition) is 0. The average Bonchev–Trinajstić information content (AvgIpc) is 3.89. The summed E-state index contributed by atoms with van der Waals surface area (Å²) in [6, 6.07) is 65.8. The van der Waals surface area contributed by atoms with E-state index >= 15 is 0 Å². The van der Waals surface area contributed by atoms with Crippen LogP contribution in [0.1, 0.15) is 104 Å². The topological polar surface area (TPSA) is 6.48 Å². The summed E-state index contributed by atoms with van der Waals surface area (Å²) in [4.78, 5) is 5.23. The van der Waals surface area contributed by atoms with Crippen LogP contribution in [0.5, 0.6) is 0 Å². The van der Waals surface area contributed by atoms with E-state index in [1.807, 2.05) is 0 Å². The molecule has 14 rings (SSSR count). The fraction of sp³-hybridized carbons (Fsp3) is 0.205. The number of allylic oxidation sites excluding steroid dienone is 6. The van der Waals surface area contributed by atoms with Gasteiger partial charge in [-0.25, -0.2) is 0 Å². The van der Waals surface area contributed by atoms with Gasteiger partial charge in [0, 0.05) is 51.1 Å². The number of nitrogens with zero attached hydrogens (tertiary/aromatic N) is 2. The highest BCUT2D eigenvalue weighted by atomic mass is 15.2. The molecule has 0 aliphatic heterocycles. The number of fused-ring (bicyclic) bond motifs is 15. The predicted molar refractivity (Wildman–Crippen MR) is 316 cm³/mol. The Morgan fingerprint density at radius 1 is 0.427 bits per heavy atom. The lowest BCUT2D eigenvalue weighted by molar-refractivity contribution is 0.400. The molecule has 0 bridgehead atoms. The molecule has 0 aromatic heterocycles. The fourth-order valence-corrected chi connectivity index (χ4v) is 15.0. The van der Waals surface area contributed by atoms with Crippen molar-refractivity contribution in [3.05, 3.63) is 279 Å². The summed E-state index contributed by atoms with van der Waals surface area (Å²) in [6.45, 7) is 18.6. The number of hydrogen-bond acceptors (Lipinski definition) is 2. The molecule has 2 nitrogen and oxygen atoms in total. The Hall–Kier alpha value is -7.94. The van der Waals surface area contributed by atoms with Crippen LogP contribution in [0.2, 0.25) is 0 Å². The first-order chi connectivity index (χ1) is 36.3. The van der Waals surface area contributed by atoms with Gasteiger partial charge in [-0.3, -0.25) is 0 Å². The molecule has 2 heteroatoms. The number of anilines is 4. The van der Waals surface area contributed by atoms with Crippen molar-refractivity contribution in [2.45, 2.75) is 84.1 Å². The second-order valence-corrected chi connectivity index (χ2v) is 23.6. The quantitative estimate of drug-likeness (QED) is 0.164. The molecule has 8 aromatic rings. The zero-order chi connectivity index (χ0) is 51.1. The molecule has 3 atom stereocenters. The minimum Gasteiger partial charge on any atom is -0.334 e. The zero-order valence-corrected chi connectivity index (χ0v) is 44.5. The van der Waals surface area contributed by atoms with Crippen molar-refractivity contribution in [2.24, 2.45) is 11.8 Å². The Kier molecular flexibility index (Phi) is 10.1. The van der Waals surface area contributed by atoms with Crippen molar-refractivity contribution in [3.8, 4) is 33.4 Å². The first-order valence-corrected chi connectivity index (χ1v) is 27.2. The van der Waals surface area contributed by atoms with Crippen molar-refractivity contribution in [3.63, 3.8) is 0 Å². The van der Waals surface area contributed by atoms with Gasteiger partial charge >= 0.3 is 0 Å². The Morgan fingerprint density at radius 2 is 0.907 bits per heavy atom. The molecule has 0 heterocycles. The third kappa shape index (κ3) is 6.71. The van der Waals surface area contributed by atoms with E-state index in [9.17, 15) is 0 Å². The molecule has 0 saturated heterocycles. The van der Waals surface area contributed by atoms with Gasteiger partial charge in [-0.1, -0.05) is 197 Å². The van der Waals surface area contributed by atoms with Crippen molar-refractivity contribution in [1.82, 2.24) is 0 Å². The first kappa shape index (κ1) is 45.7. The molecule has 0 radical (unpaired) electrons. The van der Waals surface area contributed by atoms with E-state index in [0.717, 1.165) is 6.42 Å². The van der Waals surface area contributed by atoms with Crippen LogP contribution in [0.25, 0.3) is 39.5 Å². The van der Waals surface area contributed by atoms with E-state index in [4.69, 9.17) is 0 Å². The highest BCUT2D eigenvalue weighted by molar-refractivity contribution is 5.89. The van der Waals surface area contributed by atoms with E-state index in [1.165, 1.54) is 129 Å². The highest BCUT2D eigenvalue weighted by Gasteiger charge is 2.53. The molecule has 75 heavy (non-hydrogen) atoms. The lowest BCUT2D eigenvalue weighted by Gasteiger charge is -2.44. The lowest BCUT2D eigenvalue weighted by atomic mass is 9.59. The monoisotopic (exact) mass is 969 g/mol. The summed E-state index contributed by atoms with van der Waals surface area (Å²) in [5.74, 6) is 0.139. The first-order valence-electron chi connectivity index (χ1n) is 27.2. The summed E-state index contributed by atoms with van der Waals surface area (Å²) in [5, 5.41) is 0. The SMILES string of the molecule is CC1=CC(N(c2ccc3c(c2)C(C)(C)c2ccccc2-3)c2ccc3c(c2)C2(c4ccccc4-c4ccccc42)C2C=C(N(c4cc(C)cc(C)c4)c4ccc5c(c4)C(C)(C)c4ccccc4-5)C=CC2C=C3)CC(C)=C1. The molecule has 0 amide bonds. The Morgan fingerprint density at radius 3 is 1.49 bits per heavy atom. The smallest absolute Gasteiger partial charge is 0.0564 e. The molecule has 6 aliphatic rings. The molecule has 0 saturated carbocycles. The second-order valence-electron chi connectivity index (χ2n) is 23.6. The van der Waals surface area contributed by atoms with Gasteiger partial charge in [-0.2, -0.15) is 0 Å². The second kappa shape index (κ2) is 16.5. The molecule has 6 aliphatic carbocycles. The maximum atomic E-state index is 2.67. The molecule has 3 unspecified atom stereocenters. The van der Waals surface area contributed by atoms with Crippen molar-refractivity contribution in [2.75, 3.05) is 9.80 Å². The van der Waals surface area contributed by atoms with Crippen LogP contribution in [0.3, 0.4) is 0 Å². The normalized spacial score (nSPS) is 20.0. The average molecular weight is 969 g/mol. The van der Waals surface area contributed by atoms with Gasteiger partial charge in [0.15, 0.2) is 0 Å². The van der Waals surface area contributed by atoms with Crippen LogP contribution in [0, 0.1) is 25.7 Å². The van der Waals surface area contributed by atoms with Crippen LogP contribution < -0.4 is 9.80 Å². The minimum atomic E-state index is -0.542. The molecule has 366 valence electrons. The van der Waals surface area contributed by atoms with Gasteiger partial charge in [0.2, 0.25) is 0 Å². The highest BCUT2D eigenvalue weighted by Crippen LogP contribution is 2.62. The van der Waals surface area contributed by atoms with Crippen LogP contribution in [0.4, 0.5) is 22.7 Å². The van der Waals surface area contributed by atoms with Gasteiger partial charge < -0.3 is 9.80 Å². The van der Waals surface area contributed by atoms with E-state index in [1.54, 1.807) is 0 Å². The maximum Gasteiger partial charge on any atom is 0.0564 e. The minimum absolute atomic E-state index is 0.0216.